The number of aliphatic hydroxyl groups excluding tert-OH is 1. The van der Waals surface area contributed by atoms with Crippen molar-refractivity contribution < 1.29 is 14.6 Å². The van der Waals surface area contributed by atoms with Crippen LogP contribution in [0.2, 0.25) is 0 Å². The van der Waals surface area contributed by atoms with Crippen molar-refractivity contribution in [3.8, 4) is 11.5 Å². The number of hydrogen-bond donors (Lipinski definition) is 1. The molecule has 3 rings (SSSR count). The molecule has 1 atom stereocenters. The molecule has 0 aliphatic carbocycles. The molecule has 6 heteroatoms. The zero-order chi connectivity index (χ0) is 19.2. The van der Waals surface area contributed by atoms with Crippen LogP contribution in [0.5, 0.6) is 11.5 Å². The van der Waals surface area contributed by atoms with Gasteiger partial charge in [-0.15, -0.1) is 0 Å². The van der Waals surface area contributed by atoms with Gasteiger partial charge >= 0.3 is 0 Å². The molecule has 27 heavy (non-hydrogen) atoms. The number of methoxy groups -OCH3 is 2. The molecule has 2 fully saturated rings. The Morgan fingerprint density at radius 3 is 2.26 bits per heavy atom. The average molecular weight is 378 g/mol. The maximum Gasteiger partial charge on any atom is 0.122 e. The molecule has 2 aliphatic rings. The summed E-state index contributed by atoms with van der Waals surface area (Å²) in [5.74, 6) is 1.67. The van der Waals surface area contributed by atoms with E-state index in [2.05, 4.69) is 33.9 Å². The Kier molecular flexibility index (Phi) is 7.35. The van der Waals surface area contributed by atoms with Crippen molar-refractivity contribution in [2.24, 2.45) is 0 Å². The van der Waals surface area contributed by atoms with Crippen molar-refractivity contribution in [3.63, 3.8) is 0 Å². The predicted octanol–water partition coefficient (Wildman–Crippen LogP) is 1.67. The molecular formula is C21H35N3O3. The summed E-state index contributed by atoms with van der Waals surface area (Å²) in [5, 5.41) is 9.60. The highest BCUT2D eigenvalue weighted by molar-refractivity contribution is 5.38. The van der Waals surface area contributed by atoms with Crippen LogP contribution in [0.4, 0.5) is 0 Å². The van der Waals surface area contributed by atoms with E-state index in [-0.39, 0.29) is 6.61 Å². The lowest BCUT2D eigenvalue weighted by Gasteiger charge is -2.47. The molecule has 0 amide bonds. The van der Waals surface area contributed by atoms with Gasteiger partial charge in [0.1, 0.15) is 11.5 Å². The smallest absolute Gasteiger partial charge is 0.122 e. The second-order valence-electron chi connectivity index (χ2n) is 7.89. The molecule has 6 nitrogen and oxygen atoms in total. The van der Waals surface area contributed by atoms with Crippen molar-refractivity contribution in [2.45, 2.75) is 37.9 Å². The minimum atomic E-state index is 0.259. The first-order valence-corrected chi connectivity index (χ1v) is 10.1. The SMILES string of the molecule is COc1cc(CN2CCN(C3CCN(C)CC3)C(CCO)C2)cc(OC)c1. The highest BCUT2D eigenvalue weighted by atomic mass is 16.5. The zero-order valence-electron chi connectivity index (χ0n) is 17.1. The Balaban J connectivity index is 1.64. The molecule has 0 saturated carbocycles. The Hall–Kier alpha value is -1.34. The molecule has 0 bridgehead atoms. The van der Waals surface area contributed by atoms with E-state index in [9.17, 15) is 5.11 Å². The van der Waals surface area contributed by atoms with Crippen molar-refractivity contribution >= 4 is 0 Å². The highest BCUT2D eigenvalue weighted by Crippen LogP contribution is 2.26. The number of ether oxygens (including phenoxy) is 2. The Bertz CT molecular complexity index is 568. The van der Waals surface area contributed by atoms with Crippen molar-refractivity contribution in [1.82, 2.24) is 14.7 Å². The third-order valence-electron chi connectivity index (χ3n) is 6.05. The Morgan fingerprint density at radius 1 is 1.00 bits per heavy atom. The summed E-state index contributed by atoms with van der Waals surface area (Å²) in [6.07, 6.45) is 3.33. The number of rotatable bonds is 7. The summed E-state index contributed by atoms with van der Waals surface area (Å²) in [7, 11) is 5.59. The summed E-state index contributed by atoms with van der Waals surface area (Å²) in [6, 6.07) is 7.19. The molecular weight excluding hydrogens is 342 g/mol. The summed E-state index contributed by atoms with van der Waals surface area (Å²) >= 11 is 0. The number of benzene rings is 1. The lowest BCUT2D eigenvalue weighted by atomic mass is 9.98. The number of likely N-dealkylation sites (tertiary alicyclic amines) is 1. The zero-order valence-corrected chi connectivity index (χ0v) is 17.1. The van der Waals surface area contributed by atoms with Crippen LogP contribution >= 0.6 is 0 Å². The summed E-state index contributed by atoms with van der Waals surface area (Å²) in [6.45, 7) is 6.66. The van der Waals surface area contributed by atoms with Gasteiger partial charge in [-0.2, -0.15) is 0 Å². The van der Waals surface area contributed by atoms with Gasteiger partial charge in [0.2, 0.25) is 0 Å². The monoisotopic (exact) mass is 377 g/mol. The number of aliphatic hydroxyl groups is 1. The number of piperazine rings is 1. The molecule has 1 N–H and O–H groups in total. The topological polar surface area (TPSA) is 48.4 Å². The van der Waals surface area contributed by atoms with Gasteiger partial charge in [0, 0.05) is 50.9 Å². The van der Waals surface area contributed by atoms with E-state index >= 15 is 0 Å². The molecule has 152 valence electrons. The molecule has 0 radical (unpaired) electrons. The van der Waals surface area contributed by atoms with Crippen LogP contribution in [-0.2, 0) is 6.54 Å². The van der Waals surface area contributed by atoms with E-state index in [1.165, 1.54) is 31.5 Å². The standard InChI is InChI=1S/C21H35N3O3/c1-22-7-4-18(5-8-22)24-10-9-23(16-19(24)6-11-25)15-17-12-20(26-2)14-21(13-17)27-3/h12-14,18-19,25H,4-11,15-16H2,1-3H3. The third-order valence-corrected chi connectivity index (χ3v) is 6.05. The number of nitrogens with zero attached hydrogens (tertiary/aromatic N) is 3. The van der Waals surface area contributed by atoms with Gasteiger partial charge in [-0.25, -0.2) is 0 Å². The molecule has 1 aromatic carbocycles. The van der Waals surface area contributed by atoms with E-state index in [1.807, 2.05) is 6.07 Å². The fourth-order valence-electron chi connectivity index (χ4n) is 4.51. The van der Waals surface area contributed by atoms with E-state index in [0.29, 0.717) is 12.1 Å². The van der Waals surface area contributed by atoms with Gasteiger partial charge in [0.05, 0.1) is 14.2 Å². The van der Waals surface area contributed by atoms with Crippen LogP contribution in [-0.4, -0.2) is 92.5 Å². The maximum atomic E-state index is 9.60. The van der Waals surface area contributed by atoms with Crippen LogP contribution in [0.3, 0.4) is 0 Å². The molecule has 2 aliphatic heterocycles. The first kappa shape index (κ1) is 20.4. The van der Waals surface area contributed by atoms with E-state index in [1.54, 1.807) is 14.2 Å². The van der Waals surface area contributed by atoms with Crippen LogP contribution in [0.25, 0.3) is 0 Å². The molecule has 2 saturated heterocycles. The van der Waals surface area contributed by atoms with Gasteiger partial charge in [-0.05, 0) is 57.1 Å². The highest BCUT2D eigenvalue weighted by Gasteiger charge is 2.33. The van der Waals surface area contributed by atoms with Gasteiger partial charge < -0.3 is 19.5 Å². The van der Waals surface area contributed by atoms with E-state index in [0.717, 1.165) is 44.1 Å². The molecule has 1 aromatic rings. The van der Waals surface area contributed by atoms with Gasteiger partial charge in [0.25, 0.3) is 0 Å². The fourth-order valence-corrected chi connectivity index (χ4v) is 4.51. The molecule has 2 heterocycles. The quantitative estimate of drug-likeness (QED) is 0.780. The maximum absolute atomic E-state index is 9.60. The minimum absolute atomic E-state index is 0.259. The van der Waals surface area contributed by atoms with Crippen LogP contribution in [0.15, 0.2) is 18.2 Å². The lowest BCUT2D eigenvalue weighted by Crippen LogP contribution is -2.58. The number of hydrogen-bond acceptors (Lipinski definition) is 6. The molecule has 0 spiro atoms. The minimum Gasteiger partial charge on any atom is -0.497 e. The first-order chi connectivity index (χ1) is 13.1. The van der Waals surface area contributed by atoms with Gasteiger partial charge in [0.15, 0.2) is 0 Å². The van der Waals surface area contributed by atoms with Crippen molar-refractivity contribution in [3.05, 3.63) is 23.8 Å². The van der Waals surface area contributed by atoms with Crippen LogP contribution in [0.1, 0.15) is 24.8 Å². The third kappa shape index (κ3) is 5.35. The van der Waals surface area contributed by atoms with Gasteiger partial charge in [-0.3, -0.25) is 9.80 Å². The normalized spacial score (nSPS) is 23.5. The molecule has 0 aromatic heterocycles. The average Bonchev–Trinajstić information content (AvgIpc) is 2.69. The van der Waals surface area contributed by atoms with Crippen LogP contribution in [0, 0.1) is 0 Å². The Labute approximate surface area is 163 Å². The summed E-state index contributed by atoms with van der Waals surface area (Å²) in [5.41, 5.74) is 1.21. The largest absolute Gasteiger partial charge is 0.497 e. The lowest BCUT2D eigenvalue weighted by molar-refractivity contribution is 0.00597. The summed E-state index contributed by atoms with van der Waals surface area (Å²) in [4.78, 5) is 7.59. The second kappa shape index (κ2) is 9.73. The number of piperidine rings is 1. The summed E-state index contributed by atoms with van der Waals surface area (Å²) < 4.78 is 10.8. The van der Waals surface area contributed by atoms with Crippen molar-refractivity contribution in [2.75, 3.05) is 60.6 Å². The van der Waals surface area contributed by atoms with Gasteiger partial charge in [-0.1, -0.05) is 0 Å². The van der Waals surface area contributed by atoms with E-state index < -0.39 is 0 Å². The molecule has 1 unspecified atom stereocenters. The fraction of sp³-hybridized carbons (Fsp3) is 0.714. The van der Waals surface area contributed by atoms with Crippen LogP contribution < -0.4 is 9.47 Å². The predicted molar refractivity (Wildman–Crippen MR) is 108 cm³/mol. The Morgan fingerprint density at radius 2 is 1.67 bits per heavy atom. The first-order valence-electron chi connectivity index (χ1n) is 10.1. The second-order valence-corrected chi connectivity index (χ2v) is 7.89. The van der Waals surface area contributed by atoms with E-state index in [4.69, 9.17) is 9.47 Å². The van der Waals surface area contributed by atoms with Crippen molar-refractivity contribution in [1.29, 1.82) is 0 Å².